The summed E-state index contributed by atoms with van der Waals surface area (Å²) in [7, 11) is 0. The van der Waals surface area contributed by atoms with E-state index in [0.29, 0.717) is 73.4 Å². The molecule has 0 aliphatic heterocycles. The molecule has 0 saturated carbocycles. The zero-order chi connectivity index (χ0) is 48.5. The Hall–Kier alpha value is -10.1. The van der Waals surface area contributed by atoms with Crippen LogP contribution >= 0.6 is 11.6 Å². The highest BCUT2D eigenvalue weighted by Gasteiger charge is 2.25. The average Bonchev–Trinajstić information content (AvgIpc) is 4.08. The number of halogens is 2. The number of carbonyl (C=O) groups excluding carboxylic acids is 2. The Labute approximate surface area is 400 Å². The largest absolute Gasteiger partial charge is 0.337 e. The molecule has 0 unspecified atom stereocenters. The minimum atomic E-state index is -0.619. The van der Waals surface area contributed by atoms with Crippen LogP contribution in [0.15, 0.2) is 123 Å². The Morgan fingerprint density at radius 2 is 1.44 bits per heavy atom. The molecule has 19 nitrogen and oxygen atoms in total. The molecule has 7 heterocycles. The number of aromatic nitrogens is 11. The molecule has 0 atom stereocenters. The second-order valence-electron chi connectivity index (χ2n) is 15.5. The van der Waals surface area contributed by atoms with Gasteiger partial charge >= 0.3 is 0 Å². The van der Waals surface area contributed by atoms with Crippen molar-refractivity contribution in [1.29, 1.82) is 10.5 Å². The van der Waals surface area contributed by atoms with Crippen LogP contribution in [-0.4, -0.2) is 61.7 Å². The summed E-state index contributed by atoms with van der Waals surface area (Å²) in [5.74, 6) is -0.604. The number of imidazole rings is 2. The van der Waals surface area contributed by atoms with E-state index < -0.39 is 17.6 Å². The molecule has 0 bridgehead atoms. The minimum absolute atomic E-state index is 0.0107. The van der Waals surface area contributed by atoms with Crippen molar-refractivity contribution in [2.75, 3.05) is 21.3 Å². The number of rotatable bonds is 11. The molecule has 10 aromatic rings. The first-order valence-corrected chi connectivity index (χ1v) is 21.4. The van der Waals surface area contributed by atoms with Crippen molar-refractivity contribution < 1.29 is 18.5 Å². The Bertz CT molecular complexity index is 3840. The highest BCUT2D eigenvalue weighted by Crippen LogP contribution is 2.35. The van der Waals surface area contributed by atoms with Gasteiger partial charge in [-0.3, -0.25) is 14.6 Å². The summed E-state index contributed by atoms with van der Waals surface area (Å²) in [5, 5.41) is 31.2. The van der Waals surface area contributed by atoms with E-state index in [4.69, 9.17) is 21.6 Å². The molecule has 10 rings (SSSR count). The summed E-state index contributed by atoms with van der Waals surface area (Å²) < 4.78 is 17.2. The normalized spacial score (nSPS) is 10.9. The fraction of sp³-hybridized carbons (Fsp3) is 0.0408. The Kier molecular flexibility index (Phi) is 11.5. The summed E-state index contributed by atoms with van der Waals surface area (Å²) in [4.78, 5) is 69.4. The smallest absolute Gasteiger partial charge is 0.274 e. The van der Waals surface area contributed by atoms with Crippen molar-refractivity contribution in [2.45, 2.75) is 13.8 Å². The van der Waals surface area contributed by atoms with Gasteiger partial charge in [0, 0.05) is 34.9 Å². The lowest BCUT2D eigenvalue weighted by Crippen LogP contribution is -2.34. The number of carbonyl (C=O) groups is 2. The average molecular weight is 945 g/mol. The maximum Gasteiger partial charge on any atom is 0.274 e. The third-order valence-corrected chi connectivity index (χ3v) is 11.4. The molecule has 0 fully saturated rings. The quantitative estimate of drug-likeness (QED) is 0.0664. The monoisotopic (exact) mass is 944 g/mol. The molecule has 0 aliphatic carbocycles. The van der Waals surface area contributed by atoms with Crippen molar-refractivity contribution in [1.82, 2.24) is 49.8 Å². The van der Waals surface area contributed by atoms with Gasteiger partial charge in [-0.15, -0.1) is 9.97 Å². The van der Waals surface area contributed by atoms with Crippen LogP contribution in [0.1, 0.15) is 43.2 Å². The molecule has 7 aromatic heterocycles. The lowest BCUT2D eigenvalue weighted by Gasteiger charge is -2.15. The molecule has 70 heavy (non-hydrogen) atoms. The fourth-order valence-electron chi connectivity index (χ4n) is 7.48. The number of nitrogens with zero attached hydrogens (tertiary/aromatic N) is 11. The zero-order valence-corrected chi connectivity index (χ0v) is 37.3. The second-order valence-corrected chi connectivity index (χ2v) is 15.9. The second kappa shape index (κ2) is 18.3. The number of hydrogen-bond donors (Lipinski definition) is 6. The number of hydrogen-bond acceptors (Lipinski definition) is 14. The summed E-state index contributed by atoms with van der Waals surface area (Å²) in [6.45, 7) is 3.65. The number of nitrogens with one attached hydrogen (secondary N) is 6. The van der Waals surface area contributed by atoms with Crippen LogP contribution in [0.3, 0.4) is 0 Å². The SMILES string of the molecule is Cc1ccc(NC(=O)c2ccc(C)c(C#N)n2)cc1Nc1nc(-[n+]2cnc(-c3cccnc3Nc3cc(NC(=O)c4ccc(Cl)c(C#N)c4)ccc3F)c3nc[nH]c32)ccc1-c1ncnc2[nH]cnc12. The summed E-state index contributed by atoms with van der Waals surface area (Å²) in [5.41, 5.74) is 7.35. The number of pyridine rings is 3. The Morgan fingerprint density at radius 3 is 2.29 bits per heavy atom. The van der Waals surface area contributed by atoms with Gasteiger partial charge in [-0.25, -0.2) is 34.3 Å². The minimum Gasteiger partial charge on any atom is -0.337 e. The fourth-order valence-corrected chi connectivity index (χ4v) is 7.64. The van der Waals surface area contributed by atoms with E-state index in [1.54, 1.807) is 66.5 Å². The van der Waals surface area contributed by atoms with Crippen LogP contribution in [0.5, 0.6) is 0 Å². The maximum absolute atomic E-state index is 15.5. The van der Waals surface area contributed by atoms with Gasteiger partial charge in [-0.2, -0.15) is 15.1 Å². The predicted molar refractivity (Wildman–Crippen MR) is 257 cm³/mol. The number of aryl methyl sites for hydroxylation is 2. The van der Waals surface area contributed by atoms with Gasteiger partial charge in [-0.05, 0) is 97.8 Å². The third-order valence-electron chi connectivity index (χ3n) is 11.1. The van der Waals surface area contributed by atoms with Crippen LogP contribution in [0.25, 0.3) is 50.7 Å². The van der Waals surface area contributed by atoms with Gasteiger partial charge in [0.25, 0.3) is 11.8 Å². The molecule has 338 valence electrons. The van der Waals surface area contributed by atoms with E-state index in [1.165, 1.54) is 55.4 Å². The molecular formula is C49H32ClFN17O2+. The molecule has 0 spiro atoms. The highest BCUT2D eigenvalue weighted by molar-refractivity contribution is 6.31. The highest BCUT2D eigenvalue weighted by atomic mass is 35.5. The van der Waals surface area contributed by atoms with Crippen molar-refractivity contribution in [2.24, 2.45) is 0 Å². The van der Waals surface area contributed by atoms with E-state index in [0.717, 1.165) is 5.56 Å². The van der Waals surface area contributed by atoms with Crippen molar-refractivity contribution in [3.05, 3.63) is 167 Å². The van der Waals surface area contributed by atoms with Gasteiger partial charge in [0.05, 0.1) is 33.7 Å². The number of fused-ring (bicyclic) bond motifs is 2. The van der Waals surface area contributed by atoms with E-state index >= 15 is 4.39 Å². The number of benzene rings is 3. The van der Waals surface area contributed by atoms with E-state index in [1.807, 2.05) is 31.2 Å². The molecule has 0 aliphatic rings. The number of aromatic amines is 2. The number of anilines is 6. The predicted octanol–water partition coefficient (Wildman–Crippen LogP) is 8.56. The number of amides is 2. The molecule has 3 aromatic carbocycles. The molecule has 0 saturated heterocycles. The molecule has 2 amide bonds. The molecule has 0 radical (unpaired) electrons. The number of nitriles is 2. The van der Waals surface area contributed by atoms with Crippen molar-refractivity contribution >= 4 is 80.1 Å². The zero-order valence-electron chi connectivity index (χ0n) is 36.5. The lowest BCUT2D eigenvalue weighted by atomic mass is 10.1. The van der Waals surface area contributed by atoms with Gasteiger partial charge in [0.15, 0.2) is 22.7 Å². The standard InChI is InChI=1S/C49H31ClFN17O2/c1-25-5-8-29(63-49(70)35-13-6-26(2)38(20-53)64-35)17-36(25)65-45-32(40-42-46(58-21-55-40)59-22-56-42)10-14-39(67-45)68-24-61-41(43-47(68)60-23-57-43)31-4-3-15-54-44(31)66-37-18-30(9-12-34(37)51)62-48(69)27-7-11-33(50)28(16-27)19-52/h3-18,21-24H,1-2H3,(H5,54,55,56,57,58,59,60,62,63,64,65,66,67,69,70)/p+1. The number of H-pyrrole nitrogens is 2. The Morgan fingerprint density at radius 1 is 0.700 bits per heavy atom. The van der Waals surface area contributed by atoms with Gasteiger partial charge in [-0.1, -0.05) is 23.7 Å². The van der Waals surface area contributed by atoms with E-state index in [2.05, 4.69) is 61.1 Å². The molecule has 21 heteroatoms. The first kappa shape index (κ1) is 43.8. The first-order chi connectivity index (χ1) is 34.0. The third kappa shape index (κ3) is 8.47. The summed E-state index contributed by atoms with van der Waals surface area (Å²) >= 11 is 6.05. The topological polar surface area (TPSA) is 268 Å². The Balaban J connectivity index is 0.985. The maximum atomic E-state index is 15.5. The van der Waals surface area contributed by atoms with Gasteiger partial charge in [0.2, 0.25) is 17.8 Å². The van der Waals surface area contributed by atoms with Gasteiger partial charge in [0.1, 0.15) is 59.0 Å². The van der Waals surface area contributed by atoms with E-state index in [9.17, 15) is 20.1 Å². The van der Waals surface area contributed by atoms with Crippen molar-refractivity contribution in [3.8, 4) is 40.5 Å². The van der Waals surface area contributed by atoms with Crippen LogP contribution in [0.2, 0.25) is 5.02 Å². The van der Waals surface area contributed by atoms with Crippen LogP contribution in [0.4, 0.5) is 38.8 Å². The summed E-state index contributed by atoms with van der Waals surface area (Å²) in [6.07, 6.45) is 7.58. The van der Waals surface area contributed by atoms with Crippen molar-refractivity contribution in [3.63, 3.8) is 0 Å². The van der Waals surface area contributed by atoms with Crippen LogP contribution in [0, 0.1) is 42.3 Å². The van der Waals surface area contributed by atoms with Crippen LogP contribution < -0.4 is 25.8 Å². The van der Waals surface area contributed by atoms with E-state index in [-0.39, 0.29) is 44.7 Å². The first-order valence-electron chi connectivity index (χ1n) is 21.0. The molecular weight excluding hydrogens is 913 g/mol. The van der Waals surface area contributed by atoms with Crippen LogP contribution in [-0.2, 0) is 0 Å². The summed E-state index contributed by atoms with van der Waals surface area (Å²) in [6, 6.07) is 28.0. The molecule has 6 N–H and O–H groups in total. The lowest BCUT2D eigenvalue weighted by molar-refractivity contribution is -0.576. The van der Waals surface area contributed by atoms with Gasteiger partial charge < -0.3 is 26.3 Å².